The van der Waals surface area contributed by atoms with Crippen molar-refractivity contribution in [2.75, 3.05) is 0 Å². The van der Waals surface area contributed by atoms with Crippen LogP contribution in [-0.4, -0.2) is 32.7 Å². The SMILES string of the molecule is Cc1cc(CCC(=O)OC(C)(C)C)n(/N=C\c2ccccn2)n1. The van der Waals surface area contributed by atoms with Gasteiger partial charge in [0.1, 0.15) is 5.60 Å². The van der Waals surface area contributed by atoms with Crippen LogP contribution >= 0.6 is 0 Å². The Balaban J connectivity index is 2.03. The molecule has 0 aliphatic rings. The number of carbonyl (C=O) groups excluding carboxylic acids is 1. The molecule has 0 aromatic carbocycles. The van der Waals surface area contributed by atoms with Crippen LogP contribution in [0.4, 0.5) is 0 Å². The standard InChI is InChI=1S/C17H22N4O2/c1-13-11-15(8-9-16(22)23-17(2,3)4)21(20-13)19-12-14-7-5-6-10-18-14/h5-7,10-12H,8-9H2,1-4H3/b19-12-. The van der Waals surface area contributed by atoms with Crippen molar-refractivity contribution in [3.63, 3.8) is 0 Å². The van der Waals surface area contributed by atoms with Crippen LogP contribution in [0.3, 0.4) is 0 Å². The molecule has 6 heteroatoms. The van der Waals surface area contributed by atoms with Gasteiger partial charge in [-0.05, 0) is 45.9 Å². The van der Waals surface area contributed by atoms with E-state index in [1.165, 1.54) is 4.79 Å². The minimum atomic E-state index is -0.468. The third-order valence-corrected chi connectivity index (χ3v) is 2.88. The van der Waals surface area contributed by atoms with Crippen molar-refractivity contribution in [2.45, 2.75) is 46.1 Å². The van der Waals surface area contributed by atoms with Gasteiger partial charge in [-0.1, -0.05) is 6.07 Å². The lowest BCUT2D eigenvalue weighted by atomic mass is 10.2. The van der Waals surface area contributed by atoms with Crippen molar-refractivity contribution < 1.29 is 9.53 Å². The van der Waals surface area contributed by atoms with E-state index in [2.05, 4.69) is 15.2 Å². The average Bonchev–Trinajstić information content (AvgIpc) is 2.82. The number of hydrogen-bond acceptors (Lipinski definition) is 5. The largest absolute Gasteiger partial charge is 0.460 e. The molecule has 0 unspecified atom stereocenters. The Morgan fingerprint density at radius 1 is 1.39 bits per heavy atom. The van der Waals surface area contributed by atoms with Crippen molar-refractivity contribution in [1.29, 1.82) is 0 Å². The van der Waals surface area contributed by atoms with Crippen LogP contribution < -0.4 is 0 Å². The van der Waals surface area contributed by atoms with E-state index in [4.69, 9.17) is 4.74 Å². The topological polar surface area (TPSA) is 69.4 Å². The zero-order chi connectivity index (χ0) is 16.9. The van der Waals surface area contributed by atoms with Crippen LogP contribution in [0.25, 0.3) is 0 Å². The Hall–Kier alpha value is -2.50. The van der Waals surface area contributed by atoms with E-state index in [-0.39, 0.29) is 5.97 Å². The molecule has 0 saturated heterocycles. The van der Waals surface area contributed by atoms with Gasteiger partial charge in [-0.2, -0.15) is 15.0 Å². The summed E-state index contributed by atoms with van der Waals surface area (Å²) in [6, 6.07) is 7.52. The van der Waals surface area contributed by atoms with Gasteiger partial charge in [0.25, 0.3) is 0 Å². The molecule has 6 nitrogen and oxygen atoms in total. The maximum atomic E-state index is 11.8. The predicted octanol–water partition coefficient (Wildman–Crippen LogP) is 2.74. The molecule has 0 atom stereocenters. The van der Waals surface area contributed by atoms with Gasteiger partial charge in [0, 0.05) is 12.6 Å². The van der Waals surface area contributed by atoms with E-state index in [0.29, 0.717) is 12.8 Å². The Morgan fingerprint density at radius 3 is 2.83 bits per heavy atom. The third kappa shape index (κ3) is 5.65. The van der Waals surface area contributed by atoms with E-state index in [9.17, 15) is 4.79 Å². The van der Waals surface area contributed by atoms with Crippen molar-refractivity contribution in [3.05, 3.63) is 47.5 Å². The molecule has 0 bridgehead atoms. The van der Waals surface area contributed by atoms with Gasteiger partial charge < -0.3 is 4.74 Å². The first kappa shape index (κ1) is 16.9. The second kappa shape index (κ2) is 7.17. The summed E-state index contributed by atoms with van der Waals surface area (Å²) in [6.07, 6.45) is 4.17. The number of ether oxygens (including phenoxy) is 1. The molecule has 0 aliphatic heterocycles. The fourth-order valence-corrected chi connectivity index (χ4v) is 2.00. The number of esters is 1. The first-order valence-electron chi connectivity index (χ1n) is 7.56. The predicted molar refractivity (Wildman–Crippen MR) is 88.4 cm³/mol. The fraction of sp³-hybridized carbons (Fsp3) is 0.412. The number of hydrogen-bond donors (Lipinski definition) is 0. The molecule has 122 valence electrons. The van der Waals surface area contributed by atoms with Crippen LogP contribution in [0, 0.1) is 6.92 Å². The second-order valence-electron chi connectivity index (χ2n) is 6.25. The van der Waals surface area contributed by atoms with Crippen LogP contribution in [-0.2, 0) is 16.0 Å². The molecule has 0 saturated carbocycles. The minimum Gasteiger partial charge on any atom is -0.460 e. The molecule has 2 aromatic rings. The van der Waals surface area contributed by atoms with Crippen LogP contribution in [0.1, 0.15) is 44.3 Å². The lowest BCUT2D eigenvalue weighted by Gasteiger charge is -2.19. The zero-order valence-electron chi connectivity index (χ0n) is 14.0. The summed E-state index contributed by atoms with van der Waals surface area (Å²) in [5, 5.41) is 8.63. The first-order chi connectivity index (χ1) is 10.8. The molecule has 0 fully saturated rings. The third-order valence-electron chi connectivity index (χ3n) is 2.88. The molecule has 2 rings (SSSR count). The summed E-state index contributed by atoms with van der Waals surface area (Å²) >= 11 is 0. The minimum absolute atomic E-state index is 0.225. The molecule has 0 radical (unpaired) electrons. The monoisotopic (exact) mass is 314 g/mol. The summed E-state index contributed by atoms with van der Waals surface area (Å²) in [5.41, 5.74) is 1.99. The van der Waals surface area contributed by atoms with Crippen molar-refractivity contribution in [1.82, 2.24) is 14.9 Å². The van der Waals surface area contributed by atoms with Gasteiger partial charge in [0.15, 0.2) is 0 Å². The van der Waals surface area contributed by atoms with Gasteiger partial charge in [0.2, 0.25) is 0 Å². The Kier molecular flexibility index (Phi) is 5.26. The zero-order valence-corrected chi connectivity index (χ0v) is 14.0. The fourth-order valence-electron chi connectivity index (χ4n) is 2.00. The lowest BCUT2D eigenvalue weighted by molar-refractivity contribution is -0.154. The van der Waals surface area contributed by atoms with Crippen molar-refractivity contribution in [2.24, 2.45) is 5.10 Å². The highest BCUT2D eigenvalue weighted by Crippen LogP contribution is 2.11. The highest BCUT2D eigenvalue weighted by Gasteiger charge is 2.17. The van der Waals surface area contributed by atoms with E-state index in [0.717, 1.165) is 17.1 Å². The van der Waals surface area contributed by atoms with Crippen LogP contribution in [0.2, 0.25) is 0 Å². The normalized spacial score (nSPS) is 11.8. The van der Waals surface area contributed by atoms with Crippen molar-refractivity contribution in [3.8, 4) is 0 Å². The maximum Gasteiger partial charge on any atom is 0.306 e. The number of aryl methyl sites for hydroxylation is 2. The quantitative estimate of drug-likeness (QED) is 0.628. The highest BCUT2D eigenvalue weighted by atomic mass is 16.6. The number of pyridine rings is 1. The molecule has 2 heterocycles. The number of aromatic nitrogens is 3. The van der Waals surface area contributed by atoms with Crippen LogP contribution in [0.5, 0.6) is 0 Å². The number of nitrogens with zero attached hydrogens (tertiary/aromatic N) is 4. The summed E-state index contributed by atoms with van der Waals surface area (Å²) in [6.45, 7) is 7.47. The maximum absolute atomic E-state index is 11.8. The number of rotatable bonds is 5. The highest BCUT2D eigenvalue weighted by molar-refractivity contribution is 5.76. The van der Waals surface area contributed by atoms with Gasteiger partial charge in [-0.25, -0.2) is 0 Å². The van der Waals surface area contributed by atoms with E-state index in [1.807, 2.05) is 52.0 Å². The molecule has 0 N–H and O–H groups in total. The van der Waals surface area contributed by atoms with E-state index < -0.39 is 5.60 Å². The smallest absolute Gasteiger partial charge is 0.306 e. The first-order valence-corrected chi connectivity index (χ1v) is 7.56. The van der Waals surface area contributed by atoms with Crippen molar-refractivity contribution >= 4 is 12.2 Å². The van der Waals surface area contributed by atoms with Gasteiger partial charge >= 0.3 is 5.97 Å². The molecule has 0 spiro atoms. The summed E-state index contributed by atoms with van der Waals surface area (Å²) in [5.74, 6) is -0.225. The van der Waals surface area contributed by atoms with Crippen LogP contribution in [0.15, 0.2) is 35.6 Å². The Morgan fingerprint density at radius 2 is 2.17 bits per heavy atom. The summed E-state index contributed by atoms with van der Waals surface area (Å²) < 4.78 is 5.32. The van der Waals surface area contributed by atoms with E-state index >= 15 is 0 Å². The second-order valence-corrected chi connectivity index (χ2v) is 6.25. The average molecular weight is 314 g/mol. The van der Waals surface area contributed by atoms with Gasteiger partial charge in [-0.3, -0.25) is 9.78 Å². The molecule has 23 heavy (non-hydrogen) atoms. The molecule has 0 aliphatic carbocycles. The molecular weight excluding hydrogens is 292 g/mol. The Labute approximate surface area is 136 Å². The summed E-state index contributed by atoms with van der Waals surface area (Å²) in [4.78, 5) is 17.5. The Bertz CT molecular complexity index is 684. The molecule has 2 aromatic heterocycles. The van der Waals surface area contributed by atoms with E-state index in [1.54, 1.807) is 12.4 Å². The van der Waals surface area contributed by atoms with Gasteiger partial charge in [-0.15, -0.1) is 0 Å². The molecule has 0 amide bonds. The van der Waals surface area contributed by atoms with Gasteiger partial charge in [0.05, 0.1) is 29.7 Å². The lowest BCUT2D eigenvalue weighted by Crippen LogP contribution is -2.24. The summed E-state index contributed by atoms with van der Waals surface area (Å²) in [7, 11) is 0. The molecular formula is C17H22N4O2. The number of carbonyl (C=O) groups is 1.